The van der Waals surface area contributed by atoms with E-state index in [0.717, 1.165) is 0 Å². The highest BCUT2D eigenvalue weighted by Gasteiger charge is 2.22. The molecule has 0 aliphatic carbocycles. The van der Waals surface area contributed by atoms with Gasteiger partial charge in [0, 0.05) is 43.1 Å². The van der Waals surface area contributed by atoms with Gasteiger partial charge in [-0.1, -0.05) is 23.2 Å². The molecule has 0 spiro atoms. The maximum absolute atomic E-state index is 12.2. The molecule has 1 aliphatic rings. The number of anilines is 2. The molecule has 1 fully saturated rings. The second-order valence-corrected chi connectivity index (χ2v) is 7.06. The van der Waals surface area contributed by atoms with Crippen LogP contribution < -0.4 is 16.0 Å². The van der Waals surface area contributed by atoms with Crippen LogP contribution in [0.5, 0.6) is 0 Å². The van der Waals surface area contributed by atoms with E-state index >= 15 is 0 Å². The lowest BCUT2D eigenvalue weighted by atomic mass is 10.2. The van der Waals surface area contributed by atoms with Crippen LogP contribution in [0.3, 0.4) is 0 Å². The van der Waals surface area contributed by atoms with Crippen molar-refractivity contribution in [3.05, 3.63) is 52.1 Å². The molecule has 1 saturated heterocycles. The van der Waals surface area contributed by atoms with Crippen LogP contribution in [0.2, 0.25) is 10.0 Å². The van der Waals surface area contributed by atoms with Crippen LogP contribution in [-0.4, -0.2) is 54.4 Å². The Bertz CT molecular complexity index is 836. The van der Waals surface area contributed by atoms with Gasteiger partial charge in [0.25, 0.3) is 0 Å². The standard InChI is InChI=1S/C18H19Cl2N5O2/c19-13-1-3-14(4-2-13)23-16(26)11-24-5-7-25(8-6-24)18-15(20)9-12(10-22-18)17(21)27/h1-4,9-10H,5-8,11H2,(H2,21,27)(H,23,26). The number of aromatic nitrogens is 1. The van der Waals surface area contributed by atoms with Crippen LogP contribution in [-0.2, 0) is 4.79 Å². The summed E-state index contributed by atoms with van der Waals surface area (Å²) in [6.07, 6.45) is 1.43. The molecule has 9 heteroatoms. The molecule has 7 nitrogen and oxygen atoms in total. The summed E-state index contributed by atoms with van der Waals surface area (Å²) in [4.78, 5) is 31.7. The predicted molar refractivity (Wildman–Crippen MR) is 106 cm³/mol. The van der Waals surface area contributed by atoms with Crippen molar-refractivity contribution in [2.45, 2.75) is 0 Å². The number of halogens is 2. The number of nitrogens with zero attached hydrogens (tertiary/aromatic N) is 3. The van der Waals surface area contributed by atoms with Crippen LogP contribution >= 0.6 is 23.2 Å². The summed E-state index contributed by atoms with van der Waals surface area (Å²) < 4.78 is 0. The molecule has 0 atom stereocenters. The predicted octanol–water partition coefficient (Wildman–Crippen LogP) is 2.25. The summed E-state index contributed by atoms with van der Waals surface area (Å²) in [7, 11) is 0. The number of primary amides is 1. The minimum Gasteiger partial charge on any atom is -0.366 e. The Hall–Kier alpha value is -2.35. The molecule has 1 aliphatic heterocycles. The number of rotatable bonds is 5. The van der Waals surface area contributed by atoms with Gasteiger partial charge in [-0.2, -0.15) is 0 Å². The van der Waals surface area contributed by atoms with E-state index in [1.54, 1.807) is 24.3 Å². The fourth-order valence-corrected chi connectivity index (χ4v) is 3.26. The lowest BCUT2D eigenvalue weighted by molar-refractivity contribution is -0.117. The quantitative estimate of drug-likeness (QED) is 0.792. The van der Waals surface area contributed by atoms with Gasteiger partial charge in [-0.25, -0.2) is 4.98 Å². The zero-order valence-electron chi connectivity index (χ0n) is 14.5. The van der Waals surface area contributed by atoms with Crippen LogP contribution in [0.1, 0.15) is 10.4 Å². The van der Waals surface area contributed by atoms with Gasteiger partial charge >= 0.3 is 0 Å². The highest BCUT2D eigenvalue weighted by Crippen LogP contribution is 2.25. The second-order valence-electron chi connectivity index (χ2n) is 6.21. The van der Waals surface area contributed by atoms with E-state index in [1.807, 2.05) is 4.90 Å². The minimum absolute atomic E-state index is 0.0762. The summed E-state index contributed by atoms with van der Waals surface area (Å²) >= 11 is 12.1. The molecule has 3 N–H and O–H groups in total. The first-order chi connectivity index (χ1) is 12.9. The van der Waals surface area contributed by atoms with Gasteiger partial charge in [0.1, 0.15) is 5.82 Å². The molecular formula is C18H19Cl2N5O2. The molecule has 0 unspecified atom stereocenters. The second kappa shape index (κ2) is 8.56. The summed E-state index contributed by atoms with van der Waals surface area (Å²) in [5.74, 6) is -0.0212. The molecule has 27 heavy (non-hydrogen) atoms. The Morgan fingerprint density at radius 1 is 1.11 bits per heavy atom. The van der Waals surface area contributed by atoms with Crippen molar-refractivity contribution in [3.63, 3.8) is 0 Å². The smallest absolute Gasteiger partial charge is 0.250 e. The van der Waals surface area contributed by atoms with E-state index in [0.29, 0.717) is 54.3 Å². The van der Waals surface area contributed by atoms with Crippen LogP contribution in [0.15, 0.2) is 36.5 Å². The lowest BCUT2D eigenvalue weighted by Gasteiger charge is -2.35. The maximum Gasteiger partial charge on any atom is 0.250 e. The molecule has 2 heterocycles. The number of hydrogen-bond acceptors (Lipinski definition) is 5. The van der Waals surface area contributed by atoms with E-state index in [9.17, 15) is 9.59 Å². The van der Waals surface area contributed by atoms with Gasteiger partial charge < -0.3 is 16.0 Å². The first kappa shape index (κ1) is 19.4. The van der Waals surface area contributed by atoms with E-state index in [1.165, 1.54) is 12.3 Å². The fraction of sp³-hybridized carbons (Fsp3) is 0.278. The van der Waals surface area contributed by atoms with Crippen molar-refractivity contribution < 1.29 is 9.59 Å². The van der Waals surface area contributed by atoms with Crippen molar-refractivity contribution in [2.24, 2.45) is 5.73 Å². The van der Waals surface area contributed by atoms with Gasteiger partial charge in [-0.05, 0) is 30.3 Å². The Balaban J connectivity index is 1.52. The number of carbonyl (C=O) groups is 2. The average molecular weight is 408 g/mol. The van der Waals surface area contributed by atoms with E-state index < -0.39 is 5.91 Å². The third-order valence-corrected chi connectivity index (χ3v) is 4.80. The fourth-order valence-electron chi connectivity index (χ4n) is 2.85. The molecule has 2 aromatic rings. The summed E-state index contributed by atoms with van der Waals surface area (Å²) in [5, 5.41) is 3.87. The number of amides is 2. The molecular weight excluding hydrogens is 389 g/mol. The van der Waals surface area contributed by atoms with Crippen LogP contribution in [0.25, 0.3) is 0 Å². The van der Waals surface area contributed by atoms with Crippen LogP contribution in [0, 0.1) is 0 Å². The number of carbonyl (C=O) groups excluding carboxylic acids is 2. The largest absolute Gasteiger partial charge is 0.366 e. The first-order valence-electron chi connectivity index (χ1n) is 8.40. The monoisotopic (exact) mass is 407 g/mol. The van der Waals surface area contributed by atoms with Gasteiger partial charge in [-0.15, -0.1) is 0 Å². The van der Waals surface area contributed by atoms with E-state index in [-0.39, 0.29) is 11.5 Å². The van der Waals surface area contributed by atoms with Crippen molar-refractivity contribution in [1.29, 1.82) is 0 Å². The Morgan fingerprint density at radius 2 is 1.78 bits per heavy atom. The SMILES string of the molecule is NC(=O)c1cnc(N2CCN(CC(=O)Nc3ccc(Cl)cc3)CC2)c(Cl)c1. The number of piperazine rings is 1. The maximum atomic E-state index is 12.2. The zero-order valence-corrected chi connectivity index (χ0v) is 16.0. The molecule has 142 valence electrons. The van der Waals surface area contributed by atoms with Gasteiger partial charge in [0.05, 0.1) is 17.1 Å². The number of hydrogen-bond donors (Lipinski definition) is 2. The van der Waals surface area contributed by atoms with Gasteiger partial charge in [0.2, 0.25) is 11.8 Å². The van der Waals surface area contributed by atoms with E-state index in [2.05, 4.69) is 15.2 Å². The molecule has 0 bridgehead atoms. The molecule has 0 radical (unpaired) electrons. The highest BCUT2D eigenvalue weighted by atomic mass is 35.5. The van der Waals surface area contributed by atoms with Crippen molar-refractivity contribution >= 4 is 46.5 Å². The molecule has 2 amide bonds. The number of nitrogens with one attached hydrogen (secondary N) is 1. The van der Waals surface area contributed by atoms with Crippen LogP contribution in [0.4, 0.5) is 11.5 Å². The van der Waals surface area contributed by atoms with Crippen molar-refractivity contribution in [3.8, 4) is 0 Å². The number of nitrogens with two attached hydrogens (primary N) is 1. The minimum atomic E-state index is -0.563. The Labute approximate surface area is 167 Å². The third-order valence-electron chi connectivity index (χ3n) is 4.27. The molecule has 1 aromatic heterocycles. The lowest BCUT2D eigenvalue weighted by Crippen LogP contribution is -2.49. The van der Waals surface area contributed by atoms with Crippen molar-refractivity contribution in [1.82, 2.24) is 9.88 Å². The van der Waals surface area contributed by atoms with Gasteiger partial charge in [-0.3, -0.25) is 14.5 Å². The normalized spacial score (nSPS) is 14.8. The first-order valence-corrected chi connectivity index (χ1v) is 9.16. The Kier molecular flexibility index (Phi) is 6.15. The number of benzene rings is 1. The topological polar surface area (TPSA) is 91.6 Å². The molecule has 3 rings (SSSR count). The molecule has 0 saturated carbocycles. The van der Waals surface area contributed by atoms with Gasteiger partial charge in [0.15, 0.2) is 0 Å². The summed E-state index contributed by atoms with van der Waals surface area (Å²) in [6, 6.07) is 8.52. The average Bonchev–Trinajstić information content (AvgIpc) is 2.64. The summed E-state index contributed by atoms with van der Waals surface area (Å²) in [5.41, 5.74) is 6.23. The number of pyridine rings is 1. The Morgan fingerprint density at radius 3 is 2.37 bits per heavy atom. The summed E-state index contributed by atoms with van der Waals surface area (Å²) in [6.45, 7) is 3.05. The zero-order chi connectivity index (χ0) is 19.4. The molecule has 1 aromatic carbocycles. The highest BCUT2D eigenvalue weighted by molar-refractivity contribution is 6.33. The van der Waals surface area contributed by atoms with Crippen molar-refractivity contribution in [2.75, 3.05) is 42.9 Å². The van der Waals surface area contributed by atoms with E-state index in [4.69, 9.17) is 28.9 Å². The third kappa shape index (κ3) is 5.09.